The molecule has 1 N–H and O–H groups in total. The third-order valence-electron chi connectivity index (χ3n) is 24.4. The Balaban J connectivity index is 6.90. The summed E-state index contributed by atoms with van der Waals surface area (Å²) in [5.41, 5.74) is 0. The average Bonchev–Trinajstić information content (AvgIpc) is 0.861. The van der Waals surface area contributed by atoms with Crippen molar-refractivity contribution in [2.24, 2.45) is 5.92 Å². The number of ether oxygens (including phenoxy) is 6. The molecule has 0 spiro atoms. The van der Waals surface area contributed by atoms with Gasteiger partial charge in [0.1, 0.15) is 0 Å². The Morgan fingerprint density at radius 1 is 0.215 bits per heavy atom. The lowest BCUT2D eigenvalue weighted by molar-refractivity contribution is -0.147. The van der Waals surface area contributed by atoms with E-state index in [0.29, 0.717) is 111 Å². The molecular weight excluding hydrogens is 1520 g/mol. The molecule has 18 nitrogen and oxygen atoms in total. The van der Waals surface area contributed by atoms with E-state index in [-0.39, 0.29) is 94.1 Å². The summed E-state index contributed by atoms with van der Waals surface area (Å²) >= 11 is 0. The summed E-state index contributed by atoms with van der Waals surface area (Å²) in [5.74, 6) is -4.31. The molecule has 0 fully saturated rings. The van der Waals surface area contributed by atoms with Crippen LogP contribution in [0.4, 0.5) is 0 Å². The number of nitrogens with zero attached hydrogens (tertiary/aromatic N) is 3. The van der Waals surface area contributed by atoms with Crippen LogP contribution in [0.25, 0.3) is 0 Å². The van der Waals surface area contributed by atoms with Gasteiger partial charge in [-0.25, -0.2) is 0 Å². The highest BCUT2D eigenvalue weighted by Crippen LogP contribution is 2.24. The van der Waals surface area contributed by atoms with E-state index in [1.165, 1.54) is 257 Å². The second kappa shape index (κ2) is 93.5. The number of carboxylic acid groups (broad SMARTS) is 1. The number of ketones is 1. The van der Waals surface area contributed by atoms with Gasteiger partial charge in [-0.05, 0) is 77.3 Å². The van der Waals surface area contributed by atoms with Crippen molar-refractivity contribution in [3.63, 3.8) is 0 Å². The number of carbonyl (C=O) groups is 8. The molecule has 712 valence electrons. The number of aliphatic carboxylic acids is 1. The minimum absolute atomic E-state index is 0.0272. The number of hydrogen-bond donors (Lipinski definition) is 1. The predicted octanol–water partition coefficient (Wildman–Crippen LogP) is 27.4. The molecule has 0 aromatic heterocycles. The fourth-order valence-corrected chi connectivity index (χ4v) is 16.3. The first-order valence-corrected chi connectivity index (χ1v) is 52.1. The Morgan fingerprint density at radius 2 is 0.397 bits per heavy atom. The van der Waals surface area contributed by atoms with E-state index in [1.807, 2.05) is 4.90 Å². The lowest BCUT2D eigenvalue weighted by Crippen LogP contribution is -2.44. The predicted molar refractivity (Wildman–Crippen MR) is 501 cm³/mol. The van der Waals surface area contributed by atoms with Gasteiger partial charge in [0.2, 0.25) is 0 Å². The van der Waals surface area contributed by atoms with Gasteiger partial charge in [0, 0.05) is 45.7 Å². The summed E-state index contributed by atoms with van der Waals surface area (Å²) in [6.07, 6.45) is 73.2. The van der Waals surface area contributed by atoms with Crippen LogP contribution in [-0.2, 0) is 66.8 Å². The van der Waals surface area contributed by atoms with Gasteiger partial charge in [-0.15, -0.1) is 0 Å². The second-order valence-corrected chi connectivity index (χ2v) is 35.8. The molecule has 2 atom stereocenters. The third kappa shape index (κ3) is 83.8. The van der Waals surface area contributed by atoms with Gasteiger partial charge < -0.3 is 43.3 Å². The minimum atomic E-state index is -1.09. The topological polar surface area (TPSA) is 222 Å². The van der Waals surface area contributed by atoms with E-state index in [4.69, 9.17) is 28.4 Å². The standard InChI is InChI=1S/C103H195N3O15/c1-7-13-19-25-31-37-43-49-55-65-87-116-97(108)73-81-104(82-74-98(109)117-88-66-56-50-44-38-32-26-20-14-8-2)79-63-61-71-94(103(114)115)93-96(107)95(106(85-77-101(112)120-91-69-59-53-47-41-35-29-23-17-11-5)86-78-102(113)121-92-70-60-54-48-42-36-30-24-18-12-6)72-62-64-80-105(83-75-99(110)118-89-67-57-51-45-39-33-27-21-15-9-3)84-76-100(111)119-90-68-58-52-46-40-34-28-22-16-10-4/h94-95H,7-93H2,1-6H3,(H,114,115). The summed E-state index contributed by atoms with van der Waals surface area (Å²) in [6.45, 7) is 18.2. The molecule has 18 heteroatoms. The molecule has 0 amide bonds. The van der Waals surface area contributed by atoms with Crippen LogP contribution in [-0.4, -0.2) is 165 Å². The van der Waals surface area contributed by atoms with E-state index in [9.17, 15) is 38.7 Å². The van der Waals surface area contributed by atoms with Crippen molar-refractivity contribution in [3.05, 3.63) is 0 Å². The highest BCUT2D eigenvalue weighted by atomic mass is 16.6. The molecule has 0 bridgehead atoms. The highest BCUT2D eigenvalue weighted by molar-refractivity contribution is 5.88. The molecule has 0 aliphatic rings. The number of unbranched alkanes of at least 4 members (excludes halogenated alkanes) is 56. The molecule has 0 saturated carbocycles. The van der Waals surface area contributed by atoms with Crippen LogP contribution in [0, 0.1) is 5.92 Å². The quantitative estimate of drug-likeness (QED) is 0.0340. The molecule has 0 radical (unpaired) electrons. The SMILES string of the molecule is CCCCCCCCCCCCOC(=O)CCN(CCCCC(CC(=O)C(CCCCN(CCC(=O)OCCCCCCCCCCCC)CCC(=O)OCCCCCCCCCCCC)N(CCC(=O)OCCCCCCCCCCCC)CCC(=O)OCCCCCCCCCCCC)C(=O)O)CCC(=O)OCCCCCCCCCCCC. The fraction of sp³-hybridized carbons (Fsp3) is 0.922. The van der Waals surface area contributed by atoms with Crippen LogP contribution in [0.2, 0.25) is 0 Å². The Bertz CT molecular complexity index is 2200. The molecule has 121 heavy (non-hydrogen) atoms. The molecule has 0 rings (SSSR count). The van der Waals surface area contributed by atoms with Crippen LogP contribution < -0.4 is 0 Å². The van der Waals surface area contributed by atoms with Gasteiger partial charge in [0.15, 0.2) is 5.78 Å². The first-order valence-electron chi connectivity index (χ1n) is 52.1. The molecule has 0 heterocycles. The number of Topliss-reactive ketones (excluding diaryl/α,β-unsaturated/α-hetero) is 1. The van der Waals surface area contributed by atoms with Crippen molar-refractivity contribution in [3.8, 4) is 0 Å². The van der Waals surface area contributed by atoms with E-state index < -0.39 is 29.9 Å². The second-order valence-electron chi connectivity index (χ2n) is 35.8. The maximum Gasteiger partial charge on any atom is 0.307 e. The van der Waals surface area contributed by atoms with Crippen LogP contribution in [0.5, 0.6) is 0 Å². The third-order valence-corrected chi connectivity index (χ3v) is 24.4. The van der Waals surface area contributed by atoms with Crippen molar-refractivity contribution < 1.29 is 71.9 Å². The number of carbonyl (C=O) groups excluding carboxylic acids is 7. The first-order chi connectivity index (χ1) is 59.2. The van der Waals surface area contributed by atoms with E-state index in [0.717, 1.165) is 128 Å². The Labute approximate surface area is 744 Å². The van der Waals surface area contributed by atoms with E-state index >= 15 is 4.79 Å². The molecule has 2 unspecified atom stereocenters. The summed E-state index contributed by atoms with van der Waals surface area (Å²) in [7, 11) is 0. The van der Waals surface area contributed by atoms with Crippen molar-refractivity contribution in [2.45, 2.75) is 516 Å². The average molecular weight is 1720 g/mol. The molecule has 0 aromatic carbocycles. The zero-order valence-corrected chi connectivity index (χ0v) is 80.2. The van der Waals surface area contributed by atoms with Crippen molar-refractivity contribution in [2.75, 3.05) is 92.0 Å². The van der Waals surface area contributed by atoms with Crippen molar-refractivity contribution >= 4 is 47.6 Å². The van der Waals surface area contributed by atoms with Crippen molar-refractivity contribution in [1.82, 2.24) is 14.7 Å². The Hall–Kier alpha value is -4.16. The monoisotopic (exact) mass is 1710 g/mol. The van der Waals surface area contributed by atoms with Gasteiger partial charge in [-0.1, -0.05) is 401 Å². The zero-order chi connectivity index (χ0) is 88.3. The number of rotatable bonds is 99. The molecule has 0 aliphatic heterocycles. The first kappa shape index (κ1) is 117. The Kier molecular flexibility index (Phi) is 90.3. The molecule has 0 aliphatic carbocycles. The summed E-state index contributed by atoms with van der Waals surface area (Å²) in [5, 5.41) is 11.0. The summed E-state index contributed by atoms with van der Waals surface area (Å²) < 4.78 is 34.6. The molecule has 0 aromatic rings. The van der Waals surface area contributed by atoms with Gasteiger partial charge in [-0.3, -0.25) is 43.3 Å². The number of carboxylic acids is 1. The summed E-state index contributed by atoms with van der Waals surface area (Å²) in [4.78, 5) is 116. The largest absolute Gasteiger partial charge is 0.481 e. The zero-order valence-electron chi connectivity index (χ0n) is 80.2. The van der Waals surface area contributed by atoms with Crippen LogP contribution in [0.1, 0.15) is 510 Å². The van der Waals surface area contributed by atoms with Crippen molar-refractivity contribution in [1.29, 1.82) is 0 Å². The maximum absolute atomic E-state index is 15.4. The molecule has 0 saturated heterocycles. The molecular formula is C103H195N3O15. The number of hydrogen-bond acceptors (Lipinski definition) is 17. The lowest BCUT2D eigenvalue weighted by atomic mass is 9.91. The number of esters is 6. The van der Waals surface area contributed by atoms with Crippen LogP contribution in [0.15, 0.2) is 0 Å². The van der Waals surface area contributed by atoms with Crippen LogP contribution >= 0.6 is 0 Å². The summed E-state index contributed by atoms with van der Waals surface area (Å²) in [6, 6.07) is -0.855. The van der Waals surface area contributed by atoms with E-state index in [2.05, 4.69) is 51.3 Å². The fourth-order valence-electron chi connectivity index (χ4n) is 16.3. The Morgan fingerprint density at radius 3 is 0.595 bits per heavy atom. The van der Waals surface area contributed by atoms with Gasteiger partial charge in [0.05, 0.1) is 90.1 Å². The van der Waals surface area contributed by atoms with Gasteiger partial charge in [-0.2, -0.15) is 0 Å². The smallest absolute Gasteiger partial charge is 0.307 e. The van der Waals surface area contributed by atoms with Gasteiger partial charge in [0.25, 0.3) is 0 Å². The normalized spacial score (nSPS) is 12.1. The minimum Gasteiger partial charge on any atom is -0.481 e. The highest BCUT2D eigenvalue weighted by Gasteiger charge is 2.31. The lowest BCUT2D eigenvalue weighted by Gasteiger charge is -2.31. The van der Waals surface area contributed by atoms with Gasteiger partial charge >= 0.3 is 41.8 Å². The van der Waals surface area contributed by atoms with E-state index in [1.54, 1.807) is 0 Å². The van der Waals surface area contributed by atoms with Crippen LogP contribution in [0.3, 0.4) is 0 Å². The maximum atomic E-state index is 15.4.